The van der Waals surface area contributed by atoms with E-state index in [1.54, 1.807) is 42.7 Å². The van der Waals surface area contributed by atoms with Crippen molar-refractivity contribution in [1.82, 2.24) is 14.9 Å². The van der Waals surface area contributed by atoms with Crippen LogP contribution in [0.1, 0.15) is 32.9 Å². The Hall–Kier alpha value is -6.19. The van der Waals surface area contributed by atoms with Gasteiger partial charge in [-0.15, -0.1) is 0 Å². The molecule has 3 heterocycles. The van der Waals surface area contributed by atoms with Crippen molar-refractivity contribution in [3.63, 3.8) is 0 Å². The summed E-state index contributed by atoms with van der Waals surface area (Å²) < 4.78 is 10.8. The van der Waals surface area contributed by atoms with Crippen LogP contribution in [0.3, 0.4) is 0 Å². The number of ether oxygens (including phenoxy) is 2. The third-order valence-corrected chi connectivity index (χ3v) is 10.2. The van der Waals surface area contributed by atoms with E-state index in [0.29, 0.717) is 28.3 Å². The fourth-order valence-corrected chi connectivity index (χ4v) is 8.00. The van der Waals surface area contributed by atoms with Crippen LogP contribution in [0.4, 0.5) is 0 Å². The molecule has 5 aromatic rings. The molecule has 51 heavy (non-hydrogen) atoms. The van der Waals surface area contributed by atoms with Crippen LogP contribution in [0.5, 0.6) is 5.75 Å². The average Bonchev–Trinajstić information content (AvgIpc) is 3.81. The van der Waals surface area contributed by atoms with E-state index < -0.39 is 53.8 Å². The molecule has 1 saturated heterocycles. The first-order valence-corrected chi connectivity index (χ1v) is 16.7. The number of rotatable bonds is 9. The van der Waals surface area contributed by atoms with E-state index in [2.05, 4.69) is 4.98 Å². The molecule has 2 aromatic heterocycles. The summed E-state index contributed by atoms with van der Waals surface area (Å²) in [5.74, 6) is -4.03. The van der Waals surface area contributed by atoms with E-state index in [0.717, 1.165) is 21.6 Å². The number of imide groups is 1. The molecule has 3 aromatic carbocycles. The lowest BCUT2D eigenvalue weighted by Gasteiger charge is -2.36. The van der Waals surface area contributed by atoms with E-state index in [1.807, 2.05) is 91.0 Å². The van der Waals surface area contributed by atoms with Crippen LogP contribution in [-0.2, 0) is 19.9 Å². The fourth-order valence-electron chi connectivity index (χ4n) is 8.00. The monoisotopic (exact) mass is 675 g/mol. The van der Waals surface area contributed by atoms with Crippen molar-refractivity contribution in [2.75, 3.05) is 13.8 Å². The van der Waals surface area contributed by atoms with Gasteiger partial charge in [-0.2, -0.15) is 0 Å². The third kappa shape index (κ3) is 5.25. The highest BCUT2D eigenvalue weighted by atomic mass is 16.5. The number of methoxy groups -OCH3 is 1. The van der Waals surface area contributed by atoms with Gasteiger partial charge in [0.25, 0.3) is 0 Å². The molecular weight excluding hydrogens is 642 g/mol. The van der Waals surface area contributed by atoms with Crippen molar-refractivity contribution in [2.45, 2.75) is 5.60 Å². The largest absolute Gasteiger partial charge is 0.497 e. The molecule has 2 fully saturated rings. The first-order chi connectivity index (χ1) is 24.9. The standard InChI is InChI=1S/C42H33N3O6/c1-50-29-18-12-15-27(23-29)41(48)51-25-45-39(46)36-30-24-31(42(49,28-16-6-3-7-17-28)33-20-9-11-22-44-33)37(38(36)40(45)47)35(30)34(26-13-4-2-5-14-26)32-19-8-10-21-43-32/h2-24,30,36-38,49H,25H2,1H3. The van der Waals surface area contributed by atoms with Crippen LogP contribution in [0, 0.1) is 23.7 Å². The van der Waals surface area contributed by atoms with Gasteiger partial charge < -0.3 is 14.6 Å². The molecule has 1 N–H and O–H groups in total. The topological polar surface area (TPSA) is 119 Å². The molecule has 5 atom stereocenters. The van der Waals surface area contributed by atoms with Gasteiger partial charge in [-0.25, -0.2) is 9.69 Å². The lowest BCUT2D eigenvalue weighted by Crippen LogP contribution is -2.39. The molecule has 0 spiro atoms. The van der Waals surface area contributed by atoms with Gasteiger partial charge in [0.1, 0.15) is 5.75 Å². The molecule has 2 bridgehead atoms. The van der Waals surface area contributed by atoms with Crippen LogP contribution >= 0.6 is 0 Å². The molecular formula is C42H33N3O6. The summed E-state index contributed by atoms with van der Waals surface area (Å²) in [5.41, 5.74) is 3.24. The number of fused-ring (bicyclic) bond motifs is 5. The Labute approximate surface area is 294 Å². The van der Waals surface area contributed by atoms with Crippen LogP contribution in [-0.4, -0.2) is 51.6 Å². The molecule has 2 amide bonds. The summed E-state index contributed by atoms with van der Waals surface area (Å²) in [4.78, 5) is 52.3. The number of benzene rings is 3. The second-order valence-corrected chi connectivity index (χ2v) is 12.8. The van der Waals surface area contributed by atoms with Gasteiger partial charge in [0.15, 0.2) is 12.3 Å². The Bertz CT molecular complexity index is 2110. The lowest BCUT2D eigenvalue weighted by atomic mass is 9.71. The maximum absolute atomic E-state index is 14.6. The van der Waals surface area contributed by atoms with Gasteiger partial charge in [0.2, 0.25) is 11.8 Å². The molecule has 1 aliphatic heterocycles. The number of hydrogen-bond acceptors (Lipinski definition) is 8. The molecule has 0 radical (unpaired) electrons. The van der Waals surface area contributed by atoms with Gasteiger partial charge >= 0.3 is 5.97 Å². The number of carbonyl (C=O) groups is 3. The third-order valence-electron chi connectivity index (χ3n) is 10.2. The minimum atomic E-state index is -1.74. The number of allylic oxidation sites excluding steroid dienone is 2. The SMILES string of the molecule is COc1cccc(C(=O)OCN2C(=O)C3C4C=C(C(O)(c5ccccc5)c5ccccn5)C(C4=C(c4ccccc4)c4ccccn4)C3C2=O)c1. The van der Waals surface area contributed by atoms with E-state index in [9.17, 15) is 19.5 Å². The maximum atomic E-state index is 14.6. The van der Waals surface area contributed by atoms with E-state index >= 15 is 0 Å². The molecule has 8 rings (SSSR count). The Morgan fingerprint density at radius 1 is 0.784 bits per heavy atom. The van der Waals surface area contributed by atoms with E-state index in [4.69, 9.17) is 14.5 Å². The van der Waals surface area contributed by atoms with E-state index in [1.165, 1.54) is 13.2 Å². The predicted molar refractivity (Wildman–Crippen MR) is 188 cm³/mol. The maximum Gasteiger partial charge on any atom is 0.340 e. The smallest absolute Gasteiger partial charge is 0.340 e. The lowest BCUT2D eigenvalue weighted by molar-refractivity contribution is -0.144. The Kier molecular flexibility index (Phi) is 8.12. The minimum absolute atomic E-state index is 0.231. The highest BCUT2D eigenvalue weighted by Crippen LogP contribution is 2.64. The normalized spacial score (nSPS) is 22.6. The number of likely N-dealkylation sites (tertiary alicyclic amines) is 1. The highest BCUT2D eigenvalue weighted by molar-refractivity contribution is 6.08. The van der Waals surface area contributed by atoms with Crippen LogP contribution < -0.4 is 4.74 Å². The number of nitrogens with zero attached hydrogens (tertiary/aromatic N) is 3. The zero-order chi connectivity index (χ0) is 35.1. The first-order valence-electron chi connectivity index (χ1n) is 16.7. The number of aromatic nitrogens is 2. The number of esters is 1. The molecule has 1 saturated carbocycles. The molecule has 2 aliphatic carbocycles. The number of amides is 2. The molecule has 9 nitrogen and oxygen atoms in total. The second-order valence-electron chi connectivity index (χ2n) is 12.8. The zero-order valence-electron chi connectivity index (χ0n) is 27.6. The highest BCUT2D eigenvalue weighted by Gasteiger charge is 2.67. The fraction of sp³-hybridized carbons (Fsp3) is 0.167. The molecule has 3 aliphatic rings. The second kappa shape index (κ2) is 12.9. The van der Waals surface area contributed by atoms with Gasteiger partial charge in [-0.1, -0.05) is 84.9 Å². The predicted octanol–water partition coefficient (Wildman–Crippen LogP) is 5.82. The summed E-state index contributed by atoms with van der Waals surface area (Å²) in [5, 5.41) is 13.0. The van der Waals surface area contributed by atoms with Gasteiger partial charge in [-0.05, 0) is 64.7 Å². The van der Waals surface area contributed by atoms with Crippen LogP contribution in [0.25, 0.3) is 5.57 Å². The number of carbonyl (C=O) groups excluding carboxylic acids is 3. The van der Waals surface area contributed by atoms with Crippen molar-refractivity contribution in [2.24, 2.45) is 23.7 Å². The number of pyridine rings is 2. The minimum Gasteiger partial charge on any atom is -0.497 e. The Balaban J connectivity index is 1.27. The zero-order valence-corrected chi connectivity index (χ0v) is 27.6. The summed E-state index contributed by atoms with van der Waals surface area (Å²) in [6.07, 6.45) is 5.29. The first kappa shape index (κ1) is 32.0. The van der Waals surface area contributed by atoms with Gasteiger partial charge in [0.05, 0.1) is 35.9 Å². The van der Waals surface area contributed by atoms with Crippen molar-refractivity contribution in [3.05, 3.63) is 179 Å². The number of hydrogen-bond donors (Lipinski definition) is 1. The van der Waals surface area contributed by atoms with Crippen LogP contribution in [0.15, 0.2) is 151 Å². The molecule has 9 heteroatoms. The van der Waals surface area contributed by atoms with Crippen molar-refractivity contribution in [1.29, 1.82) is 0 Å². The molecule has 252 valence electrons. The van der Waals surface area contributed by atoms with Gasteiger partial charge in [0, 0.05) is 29.8 Å². The van der Waals surface area contributed by atoms with Gasteiger partial charge in [-0.3, -0.25) is 19.6 Å². The Morgan fingerprint density at radius 3 is 2.14 bits per heavy atom. The average molecular weight is 676 g/mol. The Morgan fingerprint density at radius 2 is 1.45 bits per heavy atom. The summed E-state index contributed by atoms with van der Waals surface area (Å²) in [6.45, 7) is -0.538. The van der Waals surface area contributed by atoms with Crippen LogP contribution in [0.2, 0.25) is 0 Å². The summed E-state index contributed by atoms with van der Waals surface area (Å²) >= 11 is 0. The number of aliphatic hydroxyl groups is 1. The van der Waals surface area contributed by atoms with E-state index in [-0.39, 0.29) is 5.56 Å². The summed E-state index contributed by atoms with van der Waals surface area (Å²) in [6, 6.07) is 36.5. The summed E-state index contributed by atoms with van der Waals surface area (Å²) in [7, 11) is 1.49. The van der Waals surface area contributed by atoms with Crippen molar-refractivity contribution >= 4 is 23.4 Å². The van der Waals surface area contributed by atoms with Crippen molar-refractivity contribution in [3.8, 4) is 5.75 Å². The van der Waals surface area contributed by atoms with Crippen molar-refractivity contribution < 1.29 is 29.0 Å². The quantitative estimate of drug-likeness (QED) is 0.118. The molecule has 5 unspecified atom stereocenters.